The van der Waals surface area contributed by atoms with Crippen molar-refractivity contribution in [1.29, 1.82) is 0 Å². The third-order valence-electron chi connectivity index (χ3n) is 2.18. The lowest BCUT2D eigenvalue weighted by Crippen LogP contribution is -2.21. The molecule has 1 aliphatic heterocycles. The molecule has 0 saturated carbocycles. The van der Waals surface area contributed by atoms with Crippen LogP contribution in [-0.4, -0.2) is 16.0 Å². The summed E-state index contributed by atoms with van der Waals surface area (Å²) in [6.45, 7) is 1.83. The minimum Gasteiger partial charge on any atom is -0.508 e. The van der Waals surface area contributed by atoms with Crippen LogP contribution in [0.1, 0.15) is 11.1 Å². The van der Waals surface area contributed by atoms with E-state index >= 15 is 0 Å². The van der Waals surface area contributed by atoms with Gasteiger partial charge in [0.05, 0.1) is 0 Å². The normalized spacial score (nSPS) is 17.4. The lowest BCUT2D eigenvalue weighted by atomic mass is 10.0. The van der Waals surface area contributed by atoms with Crippen molar-refractivity contribution in [2.24, 2.45) is 0 Å². The number of aromatic hydroxyl groups is 1. The molecule has 0 atom stereocenters. The number of phenolic OH excluding ortho intramolecular Hbond substituents is 1. The van der Waals surface area contributed by atoms with Gasteiger partial charge in [0.1, 0.15) is 5.75 Å². The molecule has 1 N–H and O–H groups in total. The third-order valence-corrected chi connectivity index (χ3v) is 2.52. The zero-order chi connectivity index (χ0) is 8.55. The van der Waals surface area contributed by atoms with Crippen LogP contribution in [0.25, 0.3) is 0 Å². The van der Waals surface area contributed by atoms with E-state index in [0.717, 1.165) is 19.5 Å². The van der Waals surface area contributed by atoms with Gasteiger partial charge >= 0.3 is 0 Å². The minimum absolute atomic E-state index is 0.362. The Balaban J connectivity index is 2.37. The number of rotatable bonds is 0. The Bertz CT molecular complexity index is 301. The third kappa shape index (κ3) is 1.42. The molecule has 2 nitrogen and oxygen atoms in total. The van der Waals surface area contributed by atoms with E-state index in [-0.39, 0.29) is 0 Å². The average Bonchev–Trinajstić information content (AvgIpc) is 2.05. The lowest BCUT2D eigenvalue weighted by molar-refractivity contribution is 0.442. The second-order valence-corrected chi connectivity index (χ2v) is 3.66. The van der Waals surface area contributed by atoms with Crippen molar-refractivity contribution in [3.63, 3.8) is 0 Å². The summed E-state index contributed by atoms with van der Waals surface area (Å²) >= 11 is 4.28. The van der Waals surface area contributed by atoms with E-state index in [1.807, 2.05) is 16.4 Å². The number of phenols is 1. The molecule has 1 aromatic rings. The Morgan fingerprint density at radius 1 is 1.33 bits per heavy atom. The minimum atomic E-state index is 0.362. The molecule has 3 heteroatoms. The zero-order valence-corrected chi connectivity index (χ0v) is 7.59. The SMILES string of the molecule is Oc1ccc2c(c1)CCN(S)C2. The van der Waals surface area contributed by atoms with E-state index in [1.165, 1.54) is 11.1 Å². The first-order valence-electron chi connectivity index (χ1n) is 4.00. The monoisotopic (exact) mass is 181 g/mol. The largest absolute Gasteiger partial charge is 0.508 e. The summed E-state index contributed by atoms with van der Waals surface area (Å²) in [7, 11) is 0. The van der Waals surface area contributed by atoms with Gasteiger partial charge in [0.15, 0.2) is 0 Å². The Kier molecular flexibility index (Phi) is 1.98. The van der Waals surface area contributed by atoms with Gasteiger partial charge in [-0.05, 0) is 29.7 Å². The summed E-state index contributed by atoms with van der Waals surface area (Å²) in [4.78, 5) is 0. The van der Waals surface area contributed by atoms with Crippen molar-refractivity contribution < 1.29 is 5.11 Å². The fourth-order valence-electron chi connectivity index (χ4n) is 1.52. The number of fused-ring (bicyclic) bond motifs is 1. The number of hydrogen-bond donors (Lipinski definition) is 2. The van der Waals surface area contributed by atoms with Crippen LogP contribution in [0.3, 0.4) is 0 Å². The molecular weight excluding hydrogens is 170 g/mol. The first kappa shape index (κ1) is 7.95. The van der Waals surface area contributed by atoms with E-state index in [1.54, 1.807) is 6.07 Å². The van der Waals surface area contributed by atoms with Crippen molar-refractivity contribution in [2.45, 2.75) is 13.0 Å². The highest BCUT2D eigenvalue weighted by atomic mass is 32.1. The van der Waals surface area contributed by atoms with E-state index in [0.29, 0.717) is 5.75 Å². The molecule has 1 aromatic carbocycles. The fourth-order valence-corrected chi connectivity index (χ4v) is 1.78. The Morgan fingerprint density at radius 2 is 2.17 bits per heavy atom. The second kappa shape index (κ2) is 2.99. The quantitative estimate of drug-likeness (QED) is 0.594. The average molecular weight is 181 g/mol. The molecule has 1 heterocycles. The van der Waals surface area contributed by atoms with Crippen LogP contribution < -0.4 is 0 Å². The zero-order valence-electron chi connectivity index (χ0n) is 6.70. The van der Waals surface area contributed by atoms with Crippen LogP contribution in [0.15, 0.2) is 18.2 Å². The van der Waals surface area contributed by atoms with Crippen LogP contribution in [0, 0.1) is 0 Å². The van der Waals surface area contributed by atoms with Gasteiger partial charge in [-0.15, -0.1) is 0 Å². The number of nitrogens with zero attached hydrogens (tertiary/aromatic N) is 1. The Morgan fingerprint density at radius 3 is 3.00 bits per heavy atom. The predicted molar refractivity (Wildman–Crippen MR) is 51.2 cm³/mol. The topological polar surface area (TPSA) is 23.5 Å². The summed E-state index contributed by atoms with van der Waals surface area (Å²) in [5.74, 6) is 0.362. The van der Waals surface area contributed by atoms with Crippen LogP contribution in [0.4, 0.5) is 0 Å². The van der Waals surface area contributed by atoms with E-state index in [9.17, 15) is 5.11 Å². The van der Waals surface area contributed by atoms with Gasteiger partial charge in [-0.3, -0.25) is 0 Å². The number of hydrogen-bond acceptors (Lipinski definition) is 3. The molecule has 0 aliphatic carbocycles. The molecule has 0 unspecified atom stereocenters. The van der Waals surface area contributed by atoms with Gasteiger partial charge in [0.25, 0.3) is 0 Å². The first-order valence-corrected chi connectivity index (χ1v) is 4.40. The molecule has 0 fully saturated rings. The van der Waals surface area contributed by atoms with Crippen molar-refractivity contribution in [1.82, 2.24) is 4.31 Å². The maximum atomic E-state index is 9.22. The van der Waals surface area contributed by atoms with E-state index < -0.39 is 0 Å². The van der Waals surface area contributed by atoms with Gasteiger partial charge in [-0.2, -0.15) is 0 Å². The Hall–Kier alpha value is -0.670. The smallest absolute Gasteiger partial charge is 0.115 e. The molecule has 0 bridgehead atoms. The van der Waals surface area contributed by atoms with Crippen molar-refractivity contribution in [2.75, 3.05) is 6.54 Å². The second-order valence-electron chi connectivity index (χ2n) is 3.09. The summed E-state index contributed by atoms with van der Waals surface area (Å²) in [6.07, 6.45) is 0.979. The van der Waals surface area contributed by atoms with Gasteiger partial charge in [0.2, 0.25) is 0 Å². The maximum Gasteiger partial charge on any atom is 0.115 e. The van der Waals surface area contributed by atoms with Crippen molar-refractivity contribution in [3.05, 3.63) is 29.3 Å². The van der Waals surface area contributed by atoms with Gasteiger partial charge < -0.3 is 5.11 Å². The number of thiol groups is 1. The van der Waals surface area contributed by atoms with Crippen LogP contribution in [-0.2, 0) is 13.0 Å². The molecule has 0 spiro atoms. The van der Waals surface area contributed by atoms with Gasteiger partial charge in [0, 0.05) is 13.1 Å². The first-order chi connectivity index (χ1) is 5.75. The lowest BCUT2D eigenvalue weighted by Gasteiger charge is -2.23. The molecule has 0 saturated heterocycles. The molecule has 1 aliphatic rings. The maximum absolute atomic E-state index is 9.22. The summed E-state index contributed by atoms with van der Waals surface area (Å²) in [5, 5.41) is 9.22. The molecular formula is C9H11NOS. The summed E-state index contributed by atoms with van der Waals surface area (Å²) in [5.41, 5.74) is 2.52. The fraction of sp³-hybridized carbons (Fsp3) is 0.333. The van der Waals surface area contributed by atoms with Crippen LogP contribution in [0.2, 0.25) is 0 Å². The molecule has 0 amide bonds. The molecule has 12 heavy (non-hydrogen) atoms. The van der Waals surface area contributed by atoms with Crippen LogP contribution in [0.5, 0.6) is 5.75 Å². The summed E-state index contributed by atoms with van der Waals surface area (Å²) in [6, 6.07) is 5.54. The Labute approximate surface area is 77.4 Å². The van der Waals surface area contributed by atoms with Crippen molar-refractivity contribution >= 4 is 12.8 Å². The van der Waals surface area contributed by atoms with Gasteiger partial charge in [-0.25, -0.2) is 4.31 Å². The van der Waals surface area contributed by atoms with Crippen LogP contribution >= 0.6 is 12.8 Å². The highest BCUT2D eigenvalue weighted by molar-refractivity contribution is 7.77. The molecule has 64 valence electrons. The predicted octanol–water partition coefficient (Wildman–Crippen LogP) is 1.60. The van der Waals surface area contributed by atoms with Crippen molar-refractivity contribution in [3.8, 4) is 5.75 Å². The highest BCUT2D eigenvalue weighted by Crippen LogP contribution is 2.23. The molecule has 0 aromatic heterocycles. The highest BCUT2D eigenvalue weighted by Gasteiger charge is 2.13. The summed E-state index contributed by atoms with van der Waals surface area (Å²) < 4.78 is 1.99. The standard InChI is InChI=1S/C9H11NOS/c11-9-2-1-8-6-10(12)4-3-7(8)5-9/h1-2,5,11-12H,3-4,6H2. The van der Waals surface area contributed by atoms with E-state index in [2.05, 4.69) is 12.8 Å². The molecule has 0 radical (unpaired) electrons. The molecule has 2 rings (SSSR count). The van der Waals surface area contributed by atoms with Gasteiger partial charge in [-0.1, -0.05) is 18.9 Å². The number of benzene rings is 1. The van der Waals surface area contributed by atoms with E-state index in [4.69, 9.17) is 0 Å².